The maximum absolute atomic E-state index is 11.8. The van der Waals surface area contributed by atoms with E-state index in [4.69, 9.17) is 15.2 Å². The summed E-state index contributed by atoms with van der Waals surface area (Å²) in [4.78, 5) is 14.9. The Morgan fingerprint density at radius 3 is 2.62 bits per heavy atom. The lowest BCUT2D eigenvalue weighted by Gasteiger charge is -2.11. The minimum absolute atomic E-state index is 0.296. The average Bonchev–Trinajstić information content (AvgIpc) is 2.80. The van der Waals surface area contributed by atoms with Crippen molar-refractivity contribution in [3.8, 4) is 17.0 Å². The number of carbonyl (C=O) groups excluding carboxylic acids is 1. The van der Waals surface area contributed by atoms with E-state index in [0.717, 1.165) is 28.1 Å². The Balaban J connectivity index is 2.53. The Morgan fingerprint density at radius 2 is 2.00 bits per heavy atom. The highest BCUT2D eigenvalue weighted by Gasteiger charge is 2.18. The van der Waals surface area contributed by atoms with Crippen molar-refractivity contribution in [1.29, 1.82) is 0 Å². The highest BCUT2D eigenvalue weighted by Crippen LogP contribution is 2.35. The number of aromatic amines is 1. The lowest BCUT2D eigenvalue weighted by atomic mass is 10.0. The molecular weight excluding hydrogens is 268 g/mol. The molecule has 112 valence electrons. The van der Waals surface area contributed by atoms with Crippen LogP contribution in [0.1, 0.15) is 28.4 Å². The zero-order valence-electron chi connectivity index (χ0n) is 12.7. The molecule has 0 aliphatic carbocycles. The molecule has 0 aliphatic rings. The van der Waals surface area contributed by atoms with E-state index in [0.29, 0.717) is 18.0 Å². The minimum atomic E-state index is -0.430. The summed E-state index contributed by atoms with van der Waals surface area (Å²) in [5, 5.41) is 0. The number of methoxy groups -OCH3 is 1. The molecule has 0 spiro atoms. The van der Waals surface area contributed by atoms with Gasteiger partial charge >= 0.3 is 5.97 Å². The number of nitrogens with two attached hydrogens (primary N) is 1. The van der Waals surface area contributed by atoms with Gasteiger partial charge in [0.2, 0.25) is 0 Å². The van der Waals surface area contributed by atoms with Gasteiger partial charge in [0.05, 0.1) is 19.4 Å². The first-order valence-corrected chi connectivity index (χ1v) is 6.79. The van der Waals surface area contributed by atoms with Gasteiger partial charge in [-0.15, -0.1) is 0 Å². The van der Waals surface area contributed by atoms with Crippen LogP contribution < -0.4 is 10.5 Å². The van der Waals surface area contributed by atoms with Gasteiger partial charge in [0.15, 0.2) is 0 Å². The summed E-state index contributed by atoms with van der Waals surface area (Å²) in [5.74, 6) is 0.628. The number of anilines is 1. The molecule has 5 heteroatoms. The first kappa shape index (κ1) is 15.0. The van der Waals surface area contributed by atoms with Gasteiger partial charge in [-0.1, -0.05) is 6.07 Å². The molecule has 0 aliphatic heterocycles. The van der Waals surface area contributed by atoms with Crippen LogP contribution in [-0.2, 0) is 4.74 Å². The molecule has 1 aromatic carbocycles. The maximum atomic E-state index is 11.8. The second kappa shape index (κ2) is 5.91. The van der Waals surface area contributed by atoms with Gasteiger partial charge < -0.3 is 20.2 Å². The van der Waals surface area contributed by atoms with Crippen LogP contribution in [0, 0.1) is 13.8 Å². The SMILES string of the molecule is CCOC(=O)c1cc(-c2cc(C)cc(C)c2OC)[nH]c1N. The van der Waals surface area contributed by atoms with Crippen LogP contribution >= 0.6 is 0 Å². The fraction of sp³-hybridized carbons (Fsp3) is 0.312. The fourth-order valence-corrected chi connectivity index (χ4v) is 2.42. The lowest BCUT2D eigenvalue weighted by Crippen LogP contribution is -2.05. The molecule has 1 aromatic heterocycles. The van der Waals surface area contributed by atoms with Gasteiger partial charge in [0.1, 0.15) is 17.1 Å². The number of aromatic nitrogens is 1. The topological polar surface area (TPSA) is 77.3 Å². The van der Waals surface area contributed by atoms with E-state index < -0.39 is 5.97 Å². The summed E-state index contributed by atoms with van der Waals surface area (Å²) in [6, 6.07) is 5.73. The van der Waals surface area contributed by atoms with Crippen molar-refractivity contribution < 1.29 is 14.3 Å². The number of benzene rings is 1. The number of hydrogen-bond donors (Lipinski definition) is 2. The second-order valence-electron chi connectivity index (χ2n) is 4.89. The molecule has 0 radical (unpaired) electrons. The fourth-order valence-electron chi connectivity index (χ4n) is 2.42. The van der Waals surface area contributed by atoms with Crippen molar-refractivity contribution in [1.82, 2.24) is 4.98 Å². The number of H-pyrrole nitrogens is 1. The highest BCUT2D eigenvalue weighted by molar-refractivity contribution is 5.96. The molecule has 2 aromatic rings. The Morgan fingerprint density at radius 1 is 1.29 bits per heavy atom. The second-order valence-corrected chi connectivity index (χ2v) is 4.89. The molecule has 0 saturated heterocycles. The predicted octanol–water partition coefficient (Wildman–Crippen LogP) is 3.07. The van der Waals surface area contributed by atoms with Gasteiger partial charge in [-0.05, 0) is 44.0 Å². The molecule has 0 saturated carbocycles. The molecule has 3 N–H and O–H groups in total. The summed E-state index contributed by atoms with van der Waals surface area (Å²) < 4.78 is 10.5. The maximum Gasteiger partial charge on any atom is 0.341 e. The standard InChI is InChI=1S/C16H20N2O3/c1-5-21-16(19)12-8-13(18-15(12)17)11-7-9(2)6-10(3)14(11)20-4/h6-8,18H,5,17H2,1-4H3. The molecule has 1 heterocycles. The monoisotopic (exact) mass is 288 g/mol. The largest absolute Gasteiger partial charge is 0.496 e. The van der Waals surface area contributed by atoms with Gasteiger partial charge in [-0.3, -0.25) is 0 Å². The average molecular weight is 288 g/mol. The van der Waals surface area contributed by atoms with Crippen LogP contribution in [0.4, 0.5) is 5.82 Å². The number of nitrogen functional groups attached to an aromatic ring is 1. The van der Waals surface area contributed by atoms with Gasteiger partial charge in [0.25, 0.3) is 0 Å². The van der Waals surface area contributed by atoms with E-state index in [1.54, 1.807) is 20.1 Å². The number of esters is 1. The van der Waals surface area contributed by atoms with Crippen molar-refractivity contribution in [2.24, 2.45) is 0 Å². The van der Waals surface area contributed by atoms with Crippen molar-refractivity contribution in [3.63, 3.8) is 0 Å². The number of rotatable bonds is 4. The van der Waals surface area contributed by atoms with E-state index in [1.165, 1.54) is 0 Å². The number of hydrogen-bond acceptors (Lipinski definition) is 4. The molecule has 0 unspecified atom stereocenters. The van der Waals surface area contributed by atoms with Crippen molar-refractivity contribution in [2.45, 2.75) is 20.8 Å². The minimum Gasteiger partial charge on any atom is -0.496 e. The third kappa shape index (κ3) is 2.86. The Labute approximate surface area is 124 Å². The predicted molar refractivity (Wildman–Crippen MR) is 82.6 cm³/mol. The van der Waals surface area contributed by atoms with Crippen molar-refractivity contribution >= 4 is 11.8 Å². The van der Waals surface area contributed by atoms with Gasteiger partial charge in [-0.2, -0.15) is 0 Å². The van der Waals surface area contributed by atoms with Crippen LogP contribution in [0.2, 0.25) is 0 Å². The molecule has 21 heavy (non-hydrogen) atoms. The van der Waals surface area contributed by atoms with Crippen LogP contribution in [0.5, 0.6) is 5.75 Å². The van der Waals surface area contributed by atoms with E-state index in [1.807, 2.05) is 26.0 Å². The van der Waals surface area contributed by atoms with Crippen LogP contribution in [0.15, 0.2) is 18.2 Å². The molecule has 0 amide bonds. The molecule has 5 nitrogen and oxygen atoms in total. The zero-order chi connectivity index (χ0) is 15.6. The van der Waals surface area contributed by atoms with E-state index >= 15 is 0 Å². The smallest absolute Gasteiger partial charge is 0.341 e. The number of carbonyl (C=O) groups is 1. The van der Waals surface area contributed by atoms with E-state index in [9.17, 15) is 4.79 Å². The first-order chi connectivity index (χ1) is 9.97. The van der Waals surface area contributed by atoms with Gasteiger partial charge in [-0.25, -0.2) is 4.79 Å². The summed E-state index contributed by atoms with van der Waals surface area (Å²) in [6.07, 6.45) is 0. The molecule has 0 fully saturated rings. The highest BCUT2D eigenvalue weighted by atomic mass is 16.5. The summed E-state index contributed by atoms with van der Waals surface area (Å²) >= 11 is 0. The summed E-state index contributed by atoms with van der Waals surface area (Å²) in [5.41, 5.74) is 9.96. The van der Waals surface area contributed by atoms with E-state index in [2.05, 4.69) is 4.98 Å². The van der Waals surface area contributed by atoms with Crippen LogP contribution in [-0.4, -0.2) is 24.7 Å². The Bertz CT molecular complexity index is 674. The molecule has 0 bridgehead atoms. The Kier molecular flexibility index (Phi) is 4.21. The Hall–Kier alpha value is -2.43. The molecule has 2 rings (SSSR count). The third-order valence-corrected chi connectivity index (χ3v) is 3.26. The van der Waals surface area contributed by atoms with Gasteiger partial charge in [0, 0.05) is 5.56 Å². The van der Waals surface area contributed by atoms with Crippen molar-refractivity contribution in [3.05, 3.63) is 34.9 Å². The zero-order valence-corrected chi connectivity index (χ0v) is 12.7. The quantitative estimate of drug-likeness (QED) is 0.848. The molecule has 0 atom stereocenters. The summed E-state index contributed by atoms with van der Waals surface area (Å²) in [6.45, 7) is 6.06. The lowest BCUT2D eigenvalue weighted by molar-refractivity contribution is 0.0528. The van der Waals surface area contributed by atoms with Crippen molar-refractivity contribution in [2.75, 3.05) is 19.5 Å². The number of ether oxygens (including phenoxy) is 2. The van der Waals surface area contributed by atoms with E-state index in [-0.39, 0.29) is 0 Å². The van der Waals surface area contributed by atoms with Crippen LogP contribution in [0.3, 0.4) is 0 Å². The first-order valence-electron chi connectivity index (χ1n) is 6.79. The number of nitrogens with one attached hydrogen (secondary N) is 1. The van der Waals surface area contributed by atoms with Crippen LogP contribution in [0.25, 0.3) is 11.3 Å². The third-order valence-electron chi connectivity index (χ3n) is 3.26. The molecular formula is C16H20N2O3. The summed E-state index contributed by atoms with van der Waals surface area (Å²) in [7, 11) is 1.62. The number of aryl methyl sites for hydroxylation is 2. The normalized spacial score (nSPS) is 10.5.